The van der Waals surface area contributed by atoms with Gasteiger partial charge in [-0.1, -0.05) is 44.7 Å². The summed E-state index contributed by atoms with van der Waals surface area (Å²) >= 11 is 0. The van der Waals surface area contributed by atoms with Gasteiger partial charge >= 0.3 is 0 Å². The molecule has 5 nitrogen and oxygen atoms in total. The van der Waals surface area contributed by atoms with Gasteiger partial charge in [-0.2, -0.15) is 4.31 Å². The van der Waals surface area contributed by atoms with Crippen molar-refractivity contribution < 1.29 is 13.2 Å². The number of benzene rings is 1. The van der Waals surface area contributed by atoms with Gasteiger partial charge in [-0.25, -0.2) is 8.42 Å². The van der Waals surface area contributed by atoms with Crippen molar-refractivity contribution in [1.29, 1.82) is 0 Å². The van der Waals surface area contributed by atoms with Gasteiger partial charge in [0.2, 0.25) is 15.9 Å². The predicted octanol–water partition coefficient (Wildman–Crippen LogP) is 3.44. The van der Waals surface area contributed by atoms with Gasteiger partial charge in [0.05, 0.1) is 4.90 Å². The molecule has 1 aromatic carbocycles. The summed E-state index contributed by atoms with van der Waals surface area (Å²) in [7, 11) is -3.48. The monoisotopic (exact) mass is 392 g/mol. The van der Waals surface area contributed by atoms with E-state index in [2.05, 4.69) is 6.92 Å². The van der Waals surface area contributed by atoms with Gasteiger partial charge < -0.3 is 4.90 Å². The second kappa shape index (κ2) is 9.20. The zero-order chi connectivity index (χ0) is 19.3. The molecule has 1 amide bonds. The van der Waals surface area contributed by atoms with Crippen LogP contribution in [0.25, 0.3) is 0 Å². The molecule has 1 aliphatic carbocycles. The van der Waals surface area contributed by atoms with E-state index in [4.69, 9.17) is 0 Å². The molecule has 1 saturated heterocycles. The summed E-state index contributed by atoms with van der Waals surface area (Å²) in [6, 6.07) is 7.29. The Morgan fingerprint density at radius 3 is 2.22 bits per heavy atom. The molecule has 1 saturated carbocycles. The smallest absolute Gasteiger partial charge is 0.243 e. The van der Waals surface area contributed by atoms with Gasteiger partial charge in [0.15, 0.2) is 0 Å². The summed E-state index contributed by atoms with van der Waals surface area (Å²) in [6.45, 7) is 3.93. The molecule has 0 spiro atoms. The molecular weight excluding hydrogens is 360 g/mol. The number of carbonyl (C=O) groups is 1. The fourth-order valence-electron chi connectivity index (χ4n) is 4.11. The highest BCUT2D eigenvalue weighted by atomic mass is 32.2. The standard InChI is InChI=1S/C21H32N2O3S/c1-2-3-7-18-10-12-20(13-11-18)27(25,26)23-16-14-22(15-17-23)21(24)19-8-5-4-6-9-19/h10-13,19H,2-9,14-17H2,1H3. The lowest BCUT2D eigenvalue weighted by atomic mass is 9.88. The van der Waals surface area contributed by atoms with Crippen molar-refractivity contribution in [3.63, 3.8) is 0 Å². The Morgan fingerprint density at radius 1 is 1.00 bits per heavy atom. The molecule has 0 unspecified atom stereocenters. The van der Waals surface area contributed by atoms with Crippen LogP contribution in [0.1, 0.15) is 57.4 Å². The first-order valence-corrected chi connectivity index (χ1v) is 11.8. The summed E-state index contributed by atoms with van der Waals surface area (Å²) in [6.07, 6.45) is 8.71. The van der Waals surface area contributed by atoms with Crippen LogP contribution in [0.3, 0.4) is 0 Å². The van der Waals surface area contributed by atoms with Crippen LogP contribution in [0.4, 0.5) is 0 Å². The minimum atomic E-state index is -3.48. The molecule has 0 aromatic heterocycles. The lowest BCUT2D eigenvalue weighted by Gasteiger charge is -2.36. The third-order valence-corrected chi connectivity index (χ3v) is 7.80. The molecule has 150 valence electrons. The Balaban J connectivity index is 1.58. The Morgan fingerprint density at radius 2 is 1.63 bits per heavy atom. The maximum absolute atomic E-state index is 12.9. The molecule has 2 aliphatic rings. The molecular formula is C21H32N2O3S. The van der Waals surface area contributed by atoms with E-state index >= 15 is 0 Å². The van der Waals surface area contributed by atoms with Crippen molar-refractivity contribution in [2.24, 2.45) is 5.92 Å². The van der Waals surface area contributed by atoms with E-state index in [-0.39, 0.29) is 11.8 Å². The lowest BCUT2D eigenvalue weighted by molar-refractivity contribution is -0.137. The average Bonchev–Trinajstić information content (AvgIpc) is 2.72. The molecule has 3 rings (SSSR count). The fraction of sp³-hybridized carbons (Fsp3) is 0.667. The van der Waals surface area contributed by atoms with Crippen molar-refractivity contribution >= 4 is 15.9 Å². The maximum atomic E-state index is 12.9. The van der Waals surface area contributed by atoms with E-state index in [1.165, 1.54) is 16.3 Å². The largest absolute Gasteiger partial charge is 0.340 e. The molecule has 1 aromatic rings. The van der Waals surface area contributed by atoms with Crippen LogP contribution in [-0.2, 0) is 21.2 Å². The van der Waals surface area contributed by atoms with E-state index in [0.717, 1.165) is 44.9 Å². The molecule has 27 heavy (non-hydrogen) atoms. The number of hydrogen-bond acceptors (Lipinski definition) is 3. The van der Waals surface area contributed by atoms with Crippen molar-refractivity contribution in [3.05, 3.63) is 29.8 Å². The van der Waals surface area contributed by atoms with Gasteiger partial charge in [-0.15, -0.1) is 0 Å². The zero-order valence-corrected chi connectivity index (χ0v) is 17.2. The number of aryl methyl sites for hydroxylation is 1. The lowest BCUT2D eigenvalue weighted by Crippen LogP contribution is -2.52. The van der Waals surface area contributed by atoms with Crippen LogP contribution >= 0.6 is 0 Å². The Kier molecular flexibility index (Phi) is 6.93. The van der Waals surface area contributed by atoms with Gasteiger partial charge in [-0.3, -0.25) is 4.79 Å². The molecule has 0 atom stereocenters. The highest BCUT2D eigenvalue weighted by Gasteiger charge is 2.32. The minimum absolute atomic E-state index is 0.151. The fourth-order valence-corrected chi connectivity index (χ4v) is 5.54. The molecule has 0 bridgehead atoms. The Labute approximate surface area is 163 Å². The average molecular weight is 393 g/mol. The van der Waals surface area contributed by atoms with E-state index in [9.17, 15) is 13.2 Å². The van der Waals surface area contributed by atoms with Gasteiger partial charge in [0.25, 0.3) is 0 Å². The molecule has 0 N–H and O–H groups in total. The number of sulfonamides is 1. The Hall–Kier alpha value is -1.40. The van der Waals surface area contributed by atoms with Gasteiger partial charge in [-0.05, 0) is 43.4 Å². The third kappa shape index (κ3) is 4.91. The number of rotatable bonds is 6. The topological polar surface area (TPSA) is 57.7 Å². The highest BCUT2D eigenvalue weighted by Crippen LogP contribution is 2.26. The quantitative estimate of drug-likeness (QED) is 0.745. The predicted molar refractivity (Wildman–Crippen MR) is 107 cm³/mol. The Bertz CT molecular complexity index is 716. The number of nitrogens with zero attached hydrogens (tertiary/aromatic N) is 2. The van der Waals surface area contributed by atoms with Crippen molar-refractivity contribution in [2.75, 3.05) is 26.2 Å². The molecule has 0 radical (unpaired) electrons. The number of piperazine rings is 1. The summed E-state index contributed by atoms with van der Waals surface area (Å²) in [5, 5.41) is 0. The van der Waals surface area contributed by atoms with Gasteiger partial charge in [0, 0.05) is 32.1 Å². The molecule has 2 fully saturated rings. The first-order chi connectivity index (χ1) is 13.0. The van der Waals surface area contributed by atoms with Crippen LogP contribution in [-0.4, -0.2) is 49.7 Å². The first kappa shape index (κ1) is 20.3. The summed E-state index contributed by atoms with van der Waals surface area (Å²) < 4.78 is 27.4. The zero-order valence-electron chi connectivity index (χ0n) is 16.4. The normalized spacial score (nSPS) is 20.0. The molecule has 1 heterocycles. The van der Waals surface area contributed by atoms with E-state index < -0.39 is 10.0 Å². The number of carbonyl (C=O) groups excluding carboxylic acids is 1. The van der Waals surface area contributed by atoms with Crippen LogP contribution in [0.5, 0.6) is 0 Å². The summed E-state index contributed by atoms with van der Waals surface area (Å²) in [4.78, 5) is 14.9. The molecule has 6 heteroatoms. The highest BCUT2D eigenvalue weighted by molar-refractivity contribution is 7.89. The van der Waals surface area contributed by atoms with Crippen molar-refractivity contribution in [3.8, 4) is 0 Å². The van der Waals surface area contributed by atoms with E-state index in [1.54, 1.807) is 12.1 Å². The van der Waals surface area contributed by atoms with Crippen LogP contribution < -0.4 is 0 Å². The third-order valence-electron chi connectivity index (χ3n) is 5.88. The first-order valence-electron chi connectivity index (χ1n) is 10.4. The molecule has 1 aliphatic heterocycles. The number of unbranched alkanes of at least 4 members (excludes halogenated alkanes) is 1. The van der Waals surface area contributed by atoms with Crippen molar-refractivity contribution in [1.82, 2.24) is 9.21 Å². The maximum Gasteiger partial charge on any atom is 0.243 e. The summed E-state index contributed by atoms with van der Waals surface area (Å²) in [5.74, 6) is 0.379. The van der Waals surface area contributed by atoms with Gasteiger partial charge in [0.1, 0.15) is 0 Å². The van der Waals surface area contributed by atoms with Crippen LogP contribution in [0.2, 0.25) is 0 Å². The van der Waals surface area contributed by atoms with Crippen molar-refractivity contribution in [2.45, 2.75) is 63.2 Å². The second-order valence-electron chi connectivity index (χ2n) is 7.81. The minimum Gasteiger partial charge on any atom is -0.340 e. The van der Waals surface area contributed by atoms with E-state index in [1.807, 2.05) is 17.0 Å². The second-order valence-corrected chi connectivity index (χ2v) is 9.75. The SMILES string of the molecule is CCCCc1ccc(S(=O)(=O)N2CCN(C(=O)C3CCCCC3)CC2)cc1. The van der Waals surface area contributed by atoms with Crippen LogP contribution in [0.15, 0.2) is 29.2 Å². The van der Waals surface area contributed by atoms with Crippen LogP contribution in [0, 0.1) is 5.92 Å². The summed E-state index contributed by atoms with van der Waals surface area (Å²) in [5.41, 5.74) is 1.18. The number of amides is 1. The number of hydrogen-bond donors (Lipinski definition) is 0. The van der Waals surface area contributed by atoms with E-state index in [0.29, 0.717) is 31.1 Å².